The Kier molecular flexibility index (Phi) is 6.98. The van der Waals surface area contributed by atoms with Crippen molar-refractivity contribution in [2.45, 2.75) is 19.4 Å². The summed E-state index contributed by atoms with van der Waals surface area (Å²) in [5.41, 5.74) is 1.42. The van der Waals surface area contributed by atoms with Gasteiger partial charge < -0.3 is 15.2 Å². The third-order valence-corrected chi connectivity index (χ3v) is 4.05. The summed E-state index contributed by atoms with van der Waals surface area (Å²) in [5, 5.41) is 15.6. The summed E-state index contributed by atoms with van der Waals surface area (Å²) in [6.45, 7) is 4.74. The van der Waals surface area contributed by atoms with E-state index in [-0.39, 0.29) is 19.1 Å². The molecule has 0 saturated heterocycles. The van der Waals surface area contributed by atoms with E-state index in [1.165, 1.54) is 0 Å². The van der Waals surface area contributed by atoms with Gasteiger partial charge in [0, 0.05) is 0 Å². The lowest BCUT2D eigenvalue weighted by atomic mass is 9.93. The third-order valence-electron chi connectivity index (χ3n) is 4.05. The Morgan fingerprint density at radius 2 is 1.92 bits per heavy atom. The summed E-state index contributed by atoms with van der Waals surface area (Å²) in [5.74, 6) is 0.660. The Balaban J connectivity index is 1.73. The van der Waals surface area contributed by atoms with Gasteiger partial charge in [0.25, 0.3) is 0 Å². The number of amides is 1. The molecule has 3 N–H and O–H groups in total. The molecular weight excluding hydrogens is 316 g/mol. The van der Waals surface area contributed by atoms with Gasteiger partial charge in [0.15, 0.2) is 0 Å². The molecule has 0 aromatic heterocycles. The van der Waals surface area contributed by atoms with Crippen LogP contribution in [0.4, 0.5) is 0 Å². The van der Waals surface area contributed by atoms with E-state index in [0.717, 1.165) is 16.9 Å². The number of hydrogen-bond donors (Lipinski definition) is 3. The van der Waals surface area contributed by atoms with Crippen molar-refractivity contribution in [2.24, 2.45) is 0 Å². The van der Waals surface area contributed by atoms with Gasteiger partial charge in [-0.3, -0.25) is 10.1 Å². The molecule has 2 aromatic rings. The zero-order valence-electron chi connectivity index (χ0n) is 14.8. The largest absolute Gasteiger partial charge is 0.492 e. The minimum absolute atomic E-state index is 0.0965. The molecule has 2 rings (SSSR count). The number of carbonyl (C=O) groups excluding carboxylic acids is 1. The molecule has 0 heterocycles. The molecule has 0 aliphatic carbocycles. The van der Waals surface area contributed by atoms with Crippen LogP contribution in [0.2, 0.25) is 0 Å². The van der Waals surface area contributed by atoms with Crippen molar-refractivity contribution in [1.82, 2.24) is 10.6 Å². The Bertz CT molecular complexity index is 676. The monoisotopic (exact) mass is 342 g/mol. The molecule has 5 nitrogen and oxygen atoms in total. The highest BCUT2D eigenvalue weighted by molar-refractivity contribution is 5.78. The molecule has 0 fully saturated rings. The van der Waals surface area contributed by atoms with Crippen molar-refractivity contribution in [2.75, 3.05) is 26.3 Å². The molecule has 0 aliphatic heterocycles. The van der Waals surface area contributed by atoms with E-state index in [1.807, 2.05) is 68.4 Å². The maximum absolute atomic E-state index is 12.0. The van der Waals surface area contributed by atoms with Crippen LogP contribution in [-0.2, 0) is 10.3 Å². The van der Waals surface area contributed by atoms with E-state index < -0.39 is 5.54 Å². The fourth-order valence-electron chi connectivity index (χ4n) is 2.46. The van der Waals surface area contributed by atoms with Gasteiger partial charge in [-0.1, -0.05) is 42.5 Å². The SMILES string of the molecule is Cc1cccc(OCCNC(=O)CN[C@@](C)(CO)c2ccccc2)c1. The number of aliphatic hydroxyl groups is 1. The zero-order chi connectivity index (χ0) is 18.1. The number of aliphatic hydroxyl groups excluding tert-OH is 1. The van der Waals surface area contributed by atoms with E-state index in [2.05, 4.69) is 10.6 Å². The minimum atomic E-state index is -0.656. The quantitative estimate of drug-likeness (QED) is 0.610. The normalized spacial score (nSPS) is 13.1. The molecule has 0 bridgehead atoms. The maximum Gasteiger partial charge on any atom is 0.234 e. The lowest BCUT2D eigenvalue weighted by Crippen LogP contribution is -2.48. The lowest BCUT2D eigenvalue weighted by molar-refractivity contribution is -0.120. The van der Waals surface area contributed by atoms with E-state index in [4.69, 9.17) is 4.74 Å². The van der Waals surface area contributed by atoms with Crippen molar-refractivity contribution in [3.63, 3.8) is 0 Å². The first-order chi connectivity index (χ1) is 12.0. The average Bonchev–Trinajstić information content (AvgIpc) is 2.64. The minimum Gasteiger partial charge on any atom is -0.492 e. The second kappa shape index (κ2) is 9.20. The fraction of sp³-hybridized carbons (Fsp3) is 0.350. The fourth-order valence-corrected chi connectivity index (χ4v) is 2.46. The van der Waals surface area contributed by atoms with E-state index in [9.17, 15) is 9.90 Å². The molecule has 134 valence electrons. The molecule has 0 saturated carbocycles. The van der Waals surface area contributed by atoms with Crippen LogP contribution in [0.1, 0.15) is 18.1 Å². The number of nitrogens with one attached hydrogen (secondary N) is 2. The molecule has 2 aromatic carbocycles. The number of aryl methyl sites for hydroxylation is 1. The highest BCUT2D eigenvalue weighted by Crippen LogP contribution is 2.19. The predicted octanol–water partition coefficient (Wildman–Crippen LogP) is 1.99. The summed E-state index contributed by atoms with van der Waals surface area (Å²) in [7, 11) is 0. The average molecular weight is 342 g/mol. The summed E-state index contributed by atoms with van der Waals surface area (Å²) < 4.78 is 5.60. The van der Waals surface area contributed by atoms with Crippen molar-refractivity contribution in [3.8, 4) is 5.75 Å². The van der Waals surface area contributed by atoms with Crippen molar-refractivity contribution >= 4 is 5.91 Å². The first-order valence-electron chi connectivity index (χ1n) is 8.41. The Morgan fingerprint density at radius 3 is 2.60 bits per heavy atom. The molecule has 1 atom stereocenters. The summed E-state index contributed by atoms with van der Waals surface area (Å²) >= 11 is 0. The Hall–Kier alpha value is -2.37. The predicted molar refractivity (Wildman–Crippen MR) is 98.6 cm³/mol. The Morgan fingerprint density at radius 1 is 1.16 bits per heavy atom. The molecule has 0 aliphatic rings. The van der Waals surface area contributed by atoms with Crippen LogP contribution in [0.15, 0.2) is 54.6 Å². The summed E-state index contributed by atoms with van der Waals surface area (Å²) in [6.07, 6.45) is 0. The van der Waals surface area contributed by atoms with Crippen LogP contribution in [0.3, 0.4) is 0 Å². The maximum atomic E-state index is 12.0. The molecule has 0 spiro atoms. The molecular formula is C20H26N2O3. The Labute approximate surface area is 149 Å². The lowest BCUT2D eigenvalue weighted by Gasteiger charge is -2.29. The van der Waals surface area contributed by atoms with Crippen LogP contribution in [0.25, 0.3) is 0 Å². The van der Waals surface area contributed by atoms with Crippen molar-refractivity contribution < 1.29 is 14.6 Å². The van der Waals surface area contributed by atoms with Crippen molar-refractivity contribution in [1.29, 1.82) is 0 Å². The molecule has 0 radical (unpaired) electrons. The second-order valence-electron chi connectivity index (χ2n) is 6.22. The zero-order valence-corrected chi connectivity index (χ0v) is 14.8. The number of carbonyl (C=O) groups is 1. The smallest absolute Gasteiger partial charge is 0.234 e. The molecule has 1 amide bonds. The number of rotatable bonds is 9. The van der Waals surface area contributed by atoms with Crippen LogP contribution in [0.5, 0.6) is 5.75 Å². The molecule has 0 unspecified atom stereocenters. The number of benzene rings is 2. The van der Waals surface area contributed by atoms with Gasteiger partial charge in [-0.05, 0) is 37.1 Å². The first-order valence-corrected chi connectivity index (χ1v) is 8.41. The van der Waals surface area contributed by atoms with Crippen LogP contribution >= 0.6 is 0 Å². The van der Waals surface area contributed by atoms with Gasteiger partial charge in [-0.25, -0.2) is 0 Å². The standard InChI is InChI=1S/C20H26N2O3/c1-16-7-6-10-18(13-16)25-12-11-21-19(24)14-22-20(2,15-23)17-8-4-3-5-9-17/h3-10,13,22-23H,11-12,14-15H2,1-2H3,(H,21,24)/t20-/m0/s1. The van der Waals surface area contributed by atoms with Crippen LogP contribution in [-0.4, -0.2) is 37.3 Å². The van der Waals surface area contributed by atoms with E-state index >= 15 is 0 Å². The topological polar surface area (TPSA) is 70.6 Å². The third kappa shape index (κ3) is 5.89. The van der Waals surface area contributed by atoms with Gasteiger partial charge in [0.1, 0.15) is 12.4 Å². The first kappa shape index (κ1) is 19.0. The van der Waals surface area contributed by atoms with Crippen LogP contribution in [0, 0.1) is 6.92 Å². The number of hydrogen-bond acceptors (Lipinski definition) is 4. The highest BCUT2D eigenvalue weighted by Gasteiger charge is 2.25. The highest BCUT2D eigenvalue weighted by atomic mass is 16.5. The second-order valence-corrected chi connectivity index (χ2v) is 6.22. The summed E-state index contributed by atoms with van der Waals surface area (Å²) in [6, 6.07) is 17.4. The van der Waals surface area contributed by atoms with Gasteiger partial charge in [0.2, 0.25) is 5.91 Å². The van der Waals surface area contributed by atoms with Crippen LogP contribution < -0.4 is 15.4 Å². The van der Waals surface area contributed by atoms with E-state index in [1.54, 1.807) is 0 Å². The number of ether oxygens (including phenoxy) is 1. The van der Waals surface area contributed by atoms with Gasteiger partial charge in [-0.2, -0.15) is 0 Å². The van der Waals surface area contributed by atoms with Crippen molar-refractivity contribution in [3.05, 3.63) is 65.7 Å². The van der Waals surface area contributed by atoms with Gasteiger partial charge in [0.05, 0.1) is 25.2 Å². The molecule has 5 heteroatoms. The molecule has 25 heavy (non-hydrogen) atoms. The van der Waals surface area contributed by atoms with Gasteiger partial charge in [-0.15, -0.1) is 0 Å². The summed E-state index contributed by atoms with van der Waals surface area (Å²) in [4.78, 5) is 12.0. The van der Waals surface area contributed by atoms with E-state index in [0.29, 0.717) is 13.2 Å². The van der Waals surface area contributed by atoms with Gasteiger partial charge >= 0.3 is 0 Å².